The number of amides is 1. The Morgan fingerprint density at radius 2 is 2.30 bits per heavy atom. The molecule has 1 aromatic rings. The molecule has 0 bridgehead atoms. The minimum atomic E-state index is -2.90. The van der Waals surface area contributed by atoms with Crippen molar-refractivity contribution in [3.05, 3.63) is 23.2 Å². The van der Waals surface area contributed by atoms with Gasteiger partial charge in [0.25, 0.3) is 0 Å². The van der Waals surface area contributed by atoms with Gasteiger partial charge in [-0.2, -0.15) is 0 Å². The fourth-order valence-electron chi connectivity index (χ4n) is 2.38. The van der Waals surface area contributed by atoms with Crippen molar-refractivity contribution in [2.24, 2.45) is 5.84 Å². The summed E-state index contributed by atoms with van der Waals surface area (Å²) >= 11 is 0. The standard InChI is InChI=1S/C12H19N3O4S/c1-8-9(5-11(19-8)12(16)14-13)6-15(2)10-3-4-20(17,18)7-10/h5,10H,3-4,6-7,13H2,1-2H3,(H,14,16). The number of nitrogens with zero attached hydrogens (tertiary/aromatic N) is 1. The summed E-state index contributed by atoms with van der Waals surface area (Å²) in [7, 11) is -1.03. The minimum Gasteiger partial charge on any atom is -0.456 e. The van der Waals surface area contributed by atoms with E-state index in [2.05, 4.69) is 0 Å². The second-order valence-electron chi connectivity index (χ2n) is 5.14. The first-order valence-corrected chi connectivity index (χ1v) is 8.15. The van der Waals surface area contributed by atoms with Gasteiger partial charge in [-0.05, 0) is 26.5 Å². The molecule has 0 aliphatic carbocycles. The molecule has 0 radical (unpaired) electrons. The number of hydrazine groups is 1. The maximum atomic E-state index is 11.5. The topological polar surface area (TPSA) is 106 Å². The van der Waals surface area contributed by atoms with Crippen LogP contribution in [0.4, 0.5) is 0 Å². The predicted octanol–water partition coefficient (Wildman–Crippen LogP) is -0.190. The summed E-state index contributed by atoms with van der Waals surface area (Å²) in [5, 5.41) is 0. The largest absolute Gasteiger partial charge is 0.456 e. The van der Waals surface area contributed by atoms with Crippen molar-refractivity contribution in [3.63, 3.8) is 0 Å². The van der Waals surface area contributed by atoms with Crippen molar-refractivity contribution in [1.29, 1.82) is 0 Å². The molecule has 1 aliphatic heterocycles. The number of nitrogens with two attached hydrogens (primary N) is 1. The molecular formula is C12H19N3O4S. The van der Waals surface area contributed by atoms with Crippen molar-refractivity contribution in [2.75, 3.05) is 18.6 Å². The van der Waals surface area contributed by atoms with Crippen LogP contribution < -0.4 is 11.3 Å². The first-order valence-electron chi connectivity index (χ1n) is 6.33. The number of nitrogens with one attached hydrogen (secondary N) is 1. The molecule has 0 saturated carbocycles. The number of hydrogen-bond donors (Lipinski definition) is 2. The van der Waals surface area contributed by atoms with Crippen LogP contribution in [0.25, 0.3) is 0 Å². The maximum Gasteiger partial charge on any atom is 0.300 e. The van der Waals surface area contributed by atoms with Crippen molar-refractivity contribution in [1.82, 2.24) is 10.3 Å². The zero-order valence-electron chi connectivity index (χ0n) is 11.5. The van der Waals surface area contributed by atoms with Gasteiger partial charge in [0.2, 0.25) is 0 Å². The second kappa shape index (κ2) is 5.55. The number of hydrogen-bond acceptors (Lipinski definition) is 6. The molecule has 0 spiro atoms. The third-order valence-corrected chi connectivity index (χ3v) is 5.38. The van der Waals surface area contributed by atoms with Crippen molar-refractivity contribution in [2.45, 2.75) is 25.9 Å². The normalized spacial score (nSPS) is 21.3. The number of furan rings is 1. The highest BCUT2D eigenvalue weighted by Crippen LogP contribution is 2.21. The van der Waals surface area contributed by atoms with Crippen LogP contribution in [0.2, 0.25) is 0 Å². The number of aryl methyl sites for hydroxylation is 1. The number of sulfone groups is 1. The highest BCUT2D eigenvalue weighted by Gasteiger charge is 2.31. The van der Waals surface area contributed by atoms with Gasteiger partial charge in [-0.25, -0.2) is 14.3 Å². The summed E-state index contributed by atoms with van der Waals surface area (Å²) in [6, 6.07) is 1.65. The highest BCUT2D eigenvalue weighted by atomic mass is 32.2. The van der Waals surface area contributed by atoms with Crippen LogP contribution in [0.3, 0.4) is 0 Å². The molecule has 20 heavy (non-hydrogen) atoms. The summed E-state index contributed by atoms with van der Waals surface area (Å²) < 4.78 is 28.3. The summed E-state index contributed by atoms with van der Waals surface area (Å²) in [4.78, 5) is 13.4. The molecule has 112 valence electrons. The van der Waals surface area contributed by atoms with Gasteiger partial charge in [-0.3, -0.25) is 15.1 Å². The Hall–Kier alpha value is -1.38. The van der Waals surface area contributed by atoms with E-state index >= 15 is 0 Å². The zero-order chi connectivity index (χ0) is 14.9. The fraction of sp³-hybridized carbons (Fsp3) is 0.583. The van der Waals surface area contributed by atoms with Crippen molar-refractivity contribution in [3.8, 4) is 0 Å². The highest BCUT2D eigenvalue weighted by molar-refractivity contribution is 7.91. The third-order valence-electron chi connectivity index (χ3n) is 3.63. The molecule has 2 heterocycles. The smallest absolute Gasteiger partial charge is 0.300 e. The Bertz CT molecular complexity index is 608. The van der Waals surface area contributed by atoms with Gasteiger partial charge in [0.1, 0.15) is 5.76 Å². The van der Waals surface area contributed by atoms with Crippen LogP contribution in [0, 0.1) is 6.92 Å². The molecule has 1 unspecified atom stereocenters. The molecule has 1 aliphatic rings. The monoisotopic (exact) mass is 301 g/mol. The Kier molecular flexibility index (Phi) is 4.17. The first-order chi connectivity index (χ1) is 9.32. The Labute approximate surface area is 118 Å². The lowest BCUT2D eigenvalue weighted by atomic mass is 10.2. The molecule has 8 heteroatoms. The van der Waals surface area contributed by atoms with Crippen LogP contribution in [0.1, 0.15) is 28.3 Å². The van der Waals surface area contributed by atoms with E-state index < -0.39 is 15.7 Å². The van der Waals surface area contributed by atoms with Gasteiger partial charge in [0.05, 0.1) is 11.5 Å². The fourth-order valence-corrected chi connectivity index (χ4v) is 4.19. The second-order valence-corrected chi connectivity index (χ2v) is 7.37. The SMILES string of the molecule is Cc1oc(C(=O)NN)cc1CN(C)C1CCS(=O)(=O)C1. The van der Waals surface area contributed by atoms with Gasteiger partial charge in [-0.1, -0.05) is 0 Å². The molecule has 7 nitrogen and oxygen atoms in total. The van der Waals surface area contributed by atoms with Crippen molar-refractivity contribution < 1.29 is 17.6 Å². The quantitative estimate of drug-likeness (QED) is 0.454. The molecule has 1 fully saturated rings. The maximum absolute atomic E-state index is 11.5. The van der Waals surface area contributed by atoms with Crippen molar-refractivity contribution >= 4 is 15.7 Å². The summed E-state index contributed by atoms with van der Waals surface area (Å²) in [5.74, 6) is 5.81. The van der Waals surface area contributed by atoms with Crippen LogP contribution in [0.5, 0.6) is 0 Å². The Morgan fingerprint density at radius 1 is 1.60 bits per heavy atom. The van der Waals surface area contributed by atoms with Gasteiger partial charge in [0, 0.05) is 18.2 Å². The minimum absolute atomic E-state index is 0.0149. The van der Waals surface area contributed by atoms with E-state index in [0.717, 1.165) is 5.56 Å². The Balaban J connectivity index is 2.06. The molecule has 3 N–H and O–H groups in total. The number of rotatable bonds is 4. The predicted molar refractivity (Wildman–Crippen MR) is 73.6 cm³/mol. The average Bonchev–Trinajstić information content (AvgIpc) is 2.92. The summed E-state index contributed by atoms with van der Waals surface area (Å²) in [6.45, 7) is 2.30. The summed E-state index contributed by atoms with van der Waals surface area (Å²) in [5.41, 5.74) is 2.87. The lowest BCUT2D eigenvalue weighted by molar-refractivity contribution is 0.0924. The van der Waals surface area contributed by atoms with E-state index in [1.165, 1.54) is 0 Å². The average molecular weight is 301 g/mol. The van der Waals surface area contributed by atoms with E-state index in [-0.39, 0.29) is 23.3 Å². The van der Waals surface area contributed by atoms with E-state index in [4.69, 9.17) is 10.3 Å². The number of nitrogen functional groups attached to an aromatic ring is 1. The molecule has 1 atom stereocenters. The zero-order valence-corrected chi connectivity index (χ0v) is 12.4. The van der Waals surface area contributed by atoms with Crippen LogP contribution in [-0.4, -0.2) is 43.8 Å². The van der Waals surface area contributed by atoms with Gasteiger partial charge < -0.3 is 4.42 Å². The molecule has 2 rings (SSSR count). The first kappa shape index (κ1) is 15.0. The number of carbonyl (C=O) groups is 1. The van der Waals surface area contributed by atoms with E-state index in [1.54, 1.807) is 13.0 Å². The van der Waals surface area contributed by atoms with Crippen LogP contribution >= 0.6 is 0 Å². The van der Waals surface area contributed by atoms with Gasteiger partial charge >= 0.3 is 5.91 Å². The lowest BCUT2D eigenvalue weighted by Gasteiger charge is -2.22. The van der Waals surface area contributed by atoms with E-state index in [0.29, 0.717) is 18.7 Å². The summed E-state index contributed by atoms with van der Waals surface area (Å²) in [6.07, 6.45) is 0.645. The lowest BCUT2D eigenvalue weighted by Crippen LogP contribution is -2.32. The van der Waals surface area contributed by atoms with E-state index in [1.807, 2.05) is 17.4 Å². The van der Waals surface area contributed by atoms with Crippen LogP contribution in [-0.2, 0) is 16.4 Å². The molecule has 1 saturated heterocycles. The van der Waals surface area contributed by atoms with Gasteiger partial charge in [-0.15, -0.1) is 0 Å². The molecular weight excluding hydrogens is 282 g/mol. The van der Waals surface area contributed by atoms with E-state index in [9.17, 15) is 13.2 Å². The van der Waals surface area contributed by atoms with Gasteiger partial charge in [0.15, 0.2) is 15.6 Å². The Morgan fingerprint density at radius 3 is 2.85 bits per heavy atom. The van der Waals surface area contributed by atoms with Crippen LogP contribution in [0.15, 0.2) is 10.5 Å². The molecule has 0 aromatic carbocycles. The molecule has 1 aromatic heterocycles. The number of carbonyl (C=O) groups excluding carboxylic acids is 1. The molecule has 1 amide bonds. The third kappa shape index (κ3) is 3.20.